The van der Waals surface area contributed by atoms with Crippen LogP contribution in [0.25, 0.3) is 0 Å². The first-order chi connectivity index (χ1) is 9.56. The number of para-hydroxylation sites is 1. The molecule has 1 atom stereocenters. The van der Waals surface area contributed by atoms with E-state index < -0.39 is 34.9 Å². The summed E-state index contributed by atoms with van der Waals surface area (Å²) in [7, 11) is 0. The van der Waals surface area contributed by atoms with Gasteiger partial charge in [-0.25, -0.2) is 13.2 Å². The highest BCUT2D eigenvalue weighted by molar-refractivity contribution is 6.00. The van der Waals surface area contributed by atoms with E-state index in [2.05, 4.69) is 0 Å². The molecule has 0 bridgehead atoms. The highest BCUT2D eigenvalue weighted by Gasteiger charge is 2.33. The molecule has 0 saturated heterocycles. The fraction of sp³-hybridized carbons (Fsp3) is 0.133. The lowest BCUT2D eigenvalue weighted by atomic mass is 10.0. The number of fused-ring (bicyclic) bond motifs is 1. The molecule has 5 heteroatoms. The lowest BCUT2D eigenvalue weighted by Gasteiger charge is -2.11. The molecule has 1 aliphatic heterocycles. The summed E-state index contributed by atoms with van der Waals surface area (Å²) in [5, 5.41) is 0. The minimum Gasteiger partial charge on any atom is -0.482 e. The molecule has 0 saturated carbocycles. The molecule has 2 aromatic carbocycles. The van der Waals surface area contributed by atoms with E-state index in [1.807, 2.05) is 0 Å². The van der Waals surface area contributed by atoms with Crippen LogP contribution < -0.4 is 4.74 Å². The quantitative estimate of drug-likeness (QED) is 0.788. The third-order valence-electron chi connectivity index (χ3n) is 3.19. The Morgan fingerprint density at radius 1 is 1.10 bits per heavy atom. The van der Waals surface area contributed by atoms with E-state index in [1.165, 1.54) is 0 Å². The molecule has 0 fully saturated rings. The zero-order valence-electron chi connectivity index (χ0n) is 10.2. The molecule has 0 amide bonds. The molecule has 1 heterocycles. The Morgan fingerprint density at radius 2 is 1.75 bits per heavy atom. The summed E-state index contributed by atoms with van der Waals surface area (Å²) in [6, 6.07) is 7.95. The molecule has 3 rings (SSSR count). The molecule has 0 N–H and O–H groups in total. The fourth-order valence-corrected chi connectivity index (χ4v) is 2.27. The molecular weight excluding hydrogens is 269 g/mol. The summed E-state index contributed by atoms with van der Waals surface area (Å²) < 4.78 is 45.4. The van der Waals surface area contributed by atoms with Crippen LogP contribution in [0.4, 0.5) is 13.2 Å². The van der Waals surface area contributed by atoms with E-state index in [4.69, 9.17) is 4.74 Å². The summed E-state index contributed by atoms with van der Waals surface area (Å²) >= 11 is 0. The maximum absolute atomic E-state index is 13.6. The van der Waals surface area contributed by atoms with Gasteiger partial charge in [0.15, 0.2) is 6.10 Å². The Kier molecular flexibility index (Phi) is 2.97. The second-order valence-electron chi connectivity index (χ2n) is 4.53. The van der Waals surface area contributed by atoms with Crippen molar-refractivity contribution in [2.24, 2.45) is 0 Å². The lowest BCUT2D eigenvalue weighted by molar-refractivity contribution is 0.0815. The highest BCUT2D eigenvalue weighted by atomic mass is 19.1. The fourth-order valence-electron chi connectivity index (χ4n) is 2.27. The van der Waals surface area contributed by atoms with Gasteiger partial charge < -0.3 is 4.74 Å². The van der Waals surface area contributed by atoms with Crippen molar-refractivity contribution in [2.45, 2.75) is 12.5 Å². The van der Waals surface area contributed by atoms with Crippen LogP contribution in [0.2, 0.25) is 0 Å². The van der Waals surface area contributed by atoms with Crippen molar-refractivity contribution in [3.8, 4) is 5.75 Å². The molecule has 2 aromatic rings. The number of benzene rings is 2. The number of hydrogen-bond acceptors (Lipinski definition) is 2. The van der Waals surface area contributed by atoms with Gasteiger partial charge in [-0.3, -0.25) is 4.79 Å². The predicted molar refractivity (Wildman–Crippen MR) is 65.2 cm³/mol. The van der Waals surface area contributed by atoms with Crippen molar-refractivity contribution >= 4 is 5.78 Å². The maximum Gasteiger partial charge on any atom is 0.209 e. The Balaban J connectivity index is 1.93. The van der Waals surface area contributed by atoms with Crippen LogP contribution in [0.1, 0.15) is 15.9 Å². The second kappa shape index (κ2) is 4.67. The molecule has 2 nitrogen and oxygen atoms in total. The van der Waals surface area contributed by atoms with Crippen molar-refractivity contribution in [3.63, 3.8) is 0 Å². The number of carbonyl (C=O) groups excluding carboxylic acids is 1. The van der Waals surface area contributed by atoms with Gasteiger partial charge in [0.1, 0.15) is 23.2 Å². The smallest absolute Gasteiger partial charge is 0.209 e. The zero-order chi connectivity index (χ0) is 14.3. The number of halogens is 3. The van der Waals surface area contributed by atoms with Crippen LogP contribution in [0.3, 0.4) is 0 Å². The Bertz CT molecular complexity index is 649. The number of ether oxygens (including phenoxy) is 1. The topological polar surface area (TPSA) is 26.3 Å². The molecular formula is C15H9F3O2. The third kappa shape index (κ3) is 2.05. The normalized spacial score (nSPS) is 16.6. The van der Waals surface area contributed by atoms with Crippen LogP contribution >= 0.6 is 0 Å². The van der Waals surface area contributed by atoms with Gasteiger partial charge in [0.25, 0.3) is 0 Å². The Morgan fingerprint density at radius 3 is 2.40 bits per heavy atom. The number of rotatable bonds is 2. The molecule has 1 aliphatic rings. The van der Waals surface area contributed by atoms with E-state index in [0.29, 0.717) is 17.9 Å². The van der Waals surface area contributed by atoms with Gasteiger partial charge >= 0.3 is 0 Å². The largest absolute Gasteiger partial charge is 0.482 e. The number of carbonyl (C=O) groups is 1. The average Bonchev–Trinajstić information content (AvgIpc) is 2.81. The third-order valence-corrected chi connectivity index (χ3v) is 3.19. The van der Waals surface area contributed by atoms with Crippen molar-refractivity contribution < 1.29 is 22.7 Å². The van der Waals surface area contributed by atoms with Crippen LogP contribution in [-0.2, 0) is 6.42 Å². The minimum atomic E-state index is -1.22. The molecule has 0 aromatic heterocycles. The Hall–Kier alpha value is -2.30. The average molecular weight is 278 g/mol. The monoisotopic (exact) mass is 278 g/mol. The molecule has 0 spiro atoms. The van der Waals surface area contributed by atoms with Crippen molar-refractivity contribution in [1.29, 1.82) is 0 Å². The zero-order valence-corrected chi connectivity index (χ0v) is 10.2. The summed E-state index contributed by atoms with van der Waals surface area (Å²) in [4.78, 5) is 12.1. The van der Waals surface area contributed by atoms with Crippen molar-refractivity contribution in [2.75, 3.05) is 0 Å². The first-order valence-electron chi connectivity index (χ1n) is 5.99. The van der Waals surface area contributed by atoms with Gasteiger partial charge in [0.05, 0.1) is 5.56 Å². The van der Waals surface area contributed by atoms with Crippen LogP contribution in [0, 0.1) is 17.5 Å². The second-order valence-corrected chi connectivity index (χ2v) is 4.53. The van der Waals surface area contributed by atoms with E-state index >= 15 is 0 Å². The minimum absolute atomic E-state index is 0.241. The van der Waals surface area contributed by atoms with Crippen molar-refractivity contribution in [3.05, 3.63) is 65.0 Å². The van der Waals surface area contributed by atoms with Gasteiger partial charge in [0.2, 0.25) is 5.78 Å². The predicted octanol–water partition coefficient (Wildman–Crippen LogP) is 3.29. The molecule has 1 unspecified atom stereocenters. The van der Waals surface area contributed by atoms with E-state index in [-0.39, 0.29) is 6.42 Å². The number of Topliss-reactive ketones (excluding diaryl/α,β-unsaturated/α-hetero) is 1. The SMILES string of the molecule is O=C(c1c(F)cc(F)cc1F)C1Cc2ccccc2O1. The highest BCUT2D eigenvalue weighted by Crippen LogP contribution is 2.30. The number of hydrogen-bond donors (Lipinski definition) is 0. The van der Waals surface area contributed by atoms with Gasteiger partial charge in [0, 0.05) is 18.6 Å². The van der Waals surface area contributed by atoms with Crippen LogP contribution in [-0.4, -0.2) is 11.9 Å². The first-order valence-corrected chi connectivity index (χ1v) is 5.99. The van der Waals surface area contributed by atoms with Crippen LogP contribution in [0.15, 0.2) is 36.4 Å². The Labute approximate surface area is 112 Å². The van der Waals surface area contributed by atoms with E-state index in [1.54, 1.807) is 24.3 Å². The van der Waals surface area contributed by atoms with Gasteiger partial charge in [-0.2, -0.15) is 0 Å². The molecule has 20 heavy (non-hydrogen) atoms. The lowest BCUT2D eigenvalue weighted by Crippen LogP contribution is -2.27. The van der Waals surface area contributed by atoms with Gasteiger partial charge in [-0.15, -0.1) is 0 Å². The molecule has 0 aliphatic carbocycles. The van der Waals surface area contributed by atoms with Gasteiger partial charge in [-0.1, -0.05) is 18.2 Å². The van der Waals surface area contributed by atoms with Crippen LogP contribution in [0.5, 0.6) is 5.75 Å². The maximum atomic E-state index is 13.6. The first kappa shape index (κ1) is 12.7. The van der Waals surface area contributed by atoms with E-state index in [9.17, 15) is 18.0 Å². The van der Waals surface area contributed by atoms with E-state index in [0.717, 1.165) is 5.56 Å². The molecule has 102 valence electrons. The standard InChI is InChI=1S/C15H9F3O2/c16-9-6-10(17)14(11(18)7-9)15(19)13-5-8-3-1-2-4-12(8)20-13/h1-4,6-7,13H,5H2. The summed E-state index contributed by atoms with van der Waals surface area (Å²) in [6.07, 6.45) is -0.743. The summed E-state index contributed by atoms with van der Waals surface area (Å²) in [5.74, 6) is -3.80. The molecule has 0 radical (unpaired) electrons. The number of ketones is 1. The van der Waals surface area contributed by atoms with Crippen molar-refractivity contribution in [1.82, 2.24) is 0 Å². The summed E-state index contributed by atoms with van der Waals surface area (Å²) in [5.41, 5.74) is 0.0398. The van der Waals surface area contributed by atoms with Gasteiger partial charge in [-0.05, 0) is 11.6 Å². The summed E-state index contributed by atoms with van der Waals surface area (Å²) in [6.45, 7) is 0.